The number of hydrogen-bond donors (Lipinski definition) is 1. The van der Waals surface area contributed by atoms with Crippen LogP contribution in [0.25, 0.3) is 11.3 Å². The van der Waals surface area contributed by atoms with Gasteiger partial charge < -0.3 is 15.2 Å². The normalized spacial score (nSPS) is 15.4. The number of alkyl halides is 1. The number of aryl methyl sites for hydroxylation is 1. The van der Waals surface area contributed by atoms with Crippen molar-refractivity contribution in [1.29, 1.82) is 0 Å². The number of urea groups is 1. The molecule has 7 nitrogen and oxygen atoms in total. The minimum atomic E-state index is -0.685. The first kappa shape index (κ1) is 28.7. The smallest absolute Gasteiger partial charge is 0.328 e. The van der Waals surface area contributed by atoms with Gasteiger partial charge in [-0.05, 0) is 48.4 Å². The number of aromatic nitrogens is 2. The number of hydrogen-bond acceptors (Lipinski definition) is 4. The summed E-state index contributed by atoms with van der Waals surface area (Å²) in [5, 5.41) is 1.38. The van der Waals surface area contributed by atoms with Crippen molar-refractivity contribution < 1.29 is 18.4 Å². The second-order valence-electron chi connectivity index (χ2n) is 11.3. The van der Waals surface area contributed by atoms with Crippen LogP contribution in [0.4, 0.5) is 13.6 Å². The summed E-state index contributed by atoms with van der Waals surface area (Å²) in [5.41, 5.74) is 8.75. The molecule has 2 atom stereocenters. The molecule has 39 heavy (non-hydrogen) atoms. The summed E-state index contributed by atoms with van der Waals surface area (Å²) in [7, 11) is 0. The highest BCUT2D eigenvalue weighted by Crippen LogP contribution is 2.40. The standard InChI is InChI=1S/C30H39F2N5O2/c1-21-11-12-23(32)17-25(21)26-20-35(19-22-9-6-5-7-10-22)28(34-26)27(30(2,3)4)36(15-13-24(33)18-31)29(38)37-14-8-16-39-37/h5-7,9-12,17,20,24,27H,8,13-16,18-19,33H2,1-4H3/t24-,27-/m0/s1. The molecule has 210 valence electrons. The number of imidazole rings is 1. The Morgan fingerprint density at radius 3 is 2.59 bits per heavy atom. The van der Waals surface area contributed by atoms with Gasteiger partial charge in [-0.25, -0.2) is 23.6 Å². The molecule has 0 bridgehead atoms. The van der Waals surface area contributed by atoms with E-state index in [0.29, 0.717) is 36.8 Å². The maximum Gasteiger partial charge on any atom is 0.344 e. The van der Waals surface area contributed by atoms with Crippen LogP contribution in [0.5, 0.6) is 0 Å². The van der Waals surface area contributed by atoms with Gasteiger partial charge in [0.2, 0.25) is 0 Å². The Labute approximate surface area is 229 Å². The Hall–Kier alpha value is -3.30. The molecular weight excluding hydrogens is 500 g/mol. The highest BCUT2D eigenvalue weighted by molar-refractivity contribution is 5.74. The van der Waals surface area contributed by atoms with Crippen molar-refractivity contribution in [2.45, 2.75) is 59.2 Å². The Morgan fingerprint density at radius 2 is 1.95 bits per heavy atom. The Kier molecular flexibility index (Phi) is 9.02. The molecule has 1 aliphatic heterocycles. The molecule has 1 fully saturated rings. The minimum Gasteiger partial charge on any atom is -0.328 e. The van der Waals surface area contributed by atoms with E-state index in [-0.39, 0.29) is 24.8 Å². The summed E-state index contributed by atoms with van der Waals surface area (Å²) in [4.78, 5) is 26.3. The molecule has 2 aromatic carbocycles. The minimum absolute atomic E-state index is 0.234. The number of carbonyl (C=O) groups excluding carboxylic acids is 1. The van der Waals surface area contributed by atoms with Crippen LogP contribution in [0.15, 0.2) is 54.7 Å². The van der Waals surface area contributed by atoms with Crippen molar-refractivity contribution in [2.24, 2.45) is 11.1 Å². The highest BCUT2D eigenvalue weighted by atomic mass is 19.1. The van der Waals surface area contributed by atoms with E-state index in [4.69, 9.17) is 15.6 Å². The fraction of sp³-hybridized carbons (Fsp3) is 0.467. The third-order valence-corrected chi connectivity index (χ3v) is 7.01. The third kappa shape index (κ3) is 6.83. The lowest BCUT2D eigenvalue weighted by Gasteiger charge is -2.41. The van der Waals surface area contributed by atoms with Crippen molar-refractivity contribution in [1.82, 2.24) is 19.5 Å². The molecule has 9 heteroatoms. The van der Waals surface area contributed by atoms with E-state index >= 15 is 0 Å². The van der Waals surface area contributed by atoms with Crippen molar-refractivity contribution >= 4 is 6.03 Å². The molecule has 2 N–H and O–H groups in total. The maximum absolute atomic E-state index is 14.3. The Morgan fingerprint density at radius 1 is 1.21 bits per heavy atom. The molecule has 2 amide bonds. The average molecular weight is 540 g/mol. The third-order valence-electron chi connectivity index (χ3n) is 7.01. The van der Waals surface area contributed by atoms with Crippen LogP contribution in [0.1, 0.15) is 56.6 Å². The summed E-state index contributed by atoms with van der Waals surface area (Å²) in [6.07, 6.45) is 2.96. The molecule has 3 aromatic rings. The summed E-state index contributed by atoms with van der Waals surface area (Å²) in [6, 6.07) is 13.1. The first-order valence-electron chi connectivity index (χ1n) is 13.5. The van der Waals surface area contributed by atoms with Crippen molar-refractivity contribution in [3.63, 3.8) is 0 Å². The number of rotatable bonds is 9. The van der Waals surface area contributed by atoms with E-state index in [9.17, 15) is 13.6 Å². The van der Waals surface area contributed by atoms with E-state index < -0.39 is 24.2 Å². The van der Waals surface area contributed by atoms with E-state index in [2.05, 4.69) is 0 Å². The van der Waals surface area contributed by atoms with Crippen molar-refractivity contribution in [3.05, 3.63) is 77.5 Å². The van der Waals surface area contributed by atoms with Crippen LogP contribution < -0.4 is 5.73 Å². The van der Waals surface area contributed by atoms with Gasteiger partial charge in [0, 0.05) is 30.9 Å². The van der Waals surface area contributed by atoms with Gasteiger partial charge in [-0.3, -0.25) is 4.84 Å². The van der Waals surface area contributed by atoms with E-state index in [1.54, 1.807) is 11.0 Å². The first-order valence-corrected chi connectivity index (χ1v) is 13.5. The van der Waals surface area contributed by atoms with Gasteiger partial charge in [0.05, 0.1) is 24.9 Å². The van der Waals surface area contributed by atoms with E-state index in [1.807, 2.05) is 68.8 Å². The molecule has 0 unspecified atom stereocenters. The van der Waals surface area contributed by atoms with Gasteiger partial charge in [0.15, 0.2) is 0 Å². The van der Waals surface area contributed by atoms with Gasteiger partial charge >= 0.3 is 6.03 Å². The number of halogens is 2. The summed E-state index contributed by atoms with van der Waals surface area (Å²) in [6.45, 7) is 9.09. The molecule has 1 saturated heterocycles. The summed E-state index contributed by atoms with van der Waals surface area (Å²) < 4.78 is 29.7. The van der Waals surface area contributed by atoms with Gasteiger partial charge in [-0.1, -0.05) is 57.2 Å². The SMILES string of the molecule is Cc1ccc(F)cc1-c1cn(Cc2ccccc2)c([C@H](N(CC[C@H](N)CF)C(=O)N2CCCO2)C(C)(C)C)n1. The topological polar surface area (TPSA) is 76.6 Å². The Balaban J connectivity index is 1.86. The fourth-order valence-corrected chi connectivity index (χ4v) is 5.01. The van der Waals surface area contributed by atoms with Crippen LogP contribution in [0.2, 0.25) is 0 Å². The lowest BCUT2D eigenvalue weighted by Crippen LogP contribution is -2.49. The molecule has 1 aliphatic rings. The molecular formula is C30H39F2N5O2. The highest BCUT2D eigenvalue weighted by Gasteiger charge is 2.41. The molecule has 0 spiro atoms. The zero-order valence-corrected chi connectivity index (χ0v) is 23.2. The monoisotopic (exact) mass is 539 g/mol. The van der Waals surface area contributed by atoms with Gasteiger partial charge in [-0.15, -0.1) is 0 Å². The molecule has 0 aliphatic carbocycles. The first-order chi connectivity index (χ1) is 18.6. The molecule has 2 heterocycles. The number of hydroxylamine groups is 2. The van der Waals surface area contributed by atoms with Crippen LogP contribution >= 0.6 is 0 Å². The zero-order valence-electron chi connectivity index (χ0n) is 23.2. The lowest BCUT2D eigenvalue weighted by molar-refractivity contribution is -0.0847. The van der Waals surface area contributed by atoms with Crippen LogP contribution in [0, 0.1) is 18.2 Å². The van der Waals surface area contributed by atoms with Gasteiger partial charge in [-0.2, -0.15) is 0 Å². The molecule has 4 rings (SSSR count). The van der Waals surface area contributed by atoms with Crippen LogP contribution in [-0.4, -0.2) is 58.0 Å². The van der Waals surface area contributed by atoms with Crippen molar-refractivity contribution in [3.8, 4) is 11.3 Å². The number of carbonyl (C=O) groups is 1. The van der Waals surface area contributed by atoms with Crippen LogP contribution in [-0.2, 0) is 11.4 Å². The summed E-state index contributed by atoms with van der Waals surface area (Å²) in [5.74, 6) is 0.316. The lowest BCUT2D eigenvalue weighted by atomic mass is 9.84. The second-order valence-corrected chi connectivity index (χ2v) is 11.3. The molecule has 1 aromatic heterocycles. The van der Waals surface area contributed by atoms with E-state index in [1.165, 1.54) is 17.2 Å². The van der Waals surface area contributed by atoms with E-state index in [0.717, 1.165) is 17.5 Å². The Bertz CT molecular complexity index is 1250. The maximum atomic E-state index is 14.3. The second kappa shape index (κ2) is 12.3. The van der Waals surface area contributed by atoms with Crippen molar-refractivity contribution in [2.75, 3.05) is 26.4 Å². The quantitative estimate of drug-likeness (QED) is 0.369. The number of nitrogens with zero attached hydrogens (tertiary/aromatic N) is 4. The molecule has 0 saturated carbocycles. The zero-order chi connectivity index (χ0) is 28.2. The average Bonchev–Trinajstić information content (AvgIpc) is 3.58. The largest absolute Gasteiger partial charge is 0.344 e. The number of amides is 2. The molecule has 0 radical (unpaired) electrons. The number of benzene rings is 2. The van der Waals surface area contributed by atoms with Gasteiger partial charge in [0.1, 0.15) is 18.3 Å². The number of nitrogens with two attached hydrogens (primary N) is 1. The van der Waals surface area contributed by atoms with Gasteiger partial charge in [0.25, 0.3) is 0 Å². The fourth-order valence-electron chi connectivity index (χ4n) is 5.01. The van der Waals surface area contributed by atoms with Crippen LogP contribution in [0.3, 0.4) is 0 Å². The predicted octanol–water partition coefficient (Wildman–Crippen LogP) is 5.88. The predicted molar refractivity (Wildman–Crippen MR) is 148 cm³/mol. The summed E-state index contributed by atoms with van der Waals surface area (Å²) >= 11 is 0.